The van der Waals surface area contributed by atoms with Gasteiger partial charge in [-0.05, 0) is 31.1 Å². The molecule has 2 bridgehead atoms. The fraction of sp³-hybridized carbons (Fsp3) is 0.917. The first kappa shape index (κ1) is 14.7. The van der Waals surface area contributed by atoms with Gasteiger partial charge in [0.05, 0.1) is 5.92 Å². The summed E-state index contributed by atoms with van der Waals surface area (Å²) in [6.07, 6.45) is 2.67. The van der Waals surface area contributed by atoms with Crippen molar-refractivity contribution >= 4 is 16.2 Å². The molecule has 0 amide bonds. The van der Waals surface area contributed by atoms with Crippen LogP contribution < -0.4 is 4.72 Å². The first-order chi connectivity index (χ1) is 8.90. The minimum absolute atomic E-state index is 0.131. The van der Waals surface area contributed by atoms with E-state index in [2.05, 4.69) is 4.72 Å². The standard InChI is InChI=1S/C12H22N2O4S/c1-3-14(4-2)19(17,18)13-11-9-6-5-8(7-9)10(11)12(15)16/h8-11,13H,3-7H2,1-2H3,(H,15,16). The van der Waals surface area contributed by atoms with Crippen molar-refractivity contribution in [2.75, 3.05) is 13.1 Å². The topological polar surface area (TPSA) is 86.7 Å². The molecule has 2 N–H and O–H groups in total. The second-order valence-corrected chi connectivity index (χ2v) is 7.13. The lowest BCUT2D eigenvalue weighted by Crippen LogP contribution is -2.51. The number of aliphatic carboxylic acids is 1. The highest BCUT2D eigenvalue weighted by Gasteiger charge is 2.52. The molecule has 2 aliphatic rings. The first-order valence-corrected chi connectivity index (χ1v) is 8.34. The van der Waals surface area contributed by atoms with E-state index in [1.807, 2.05) is 0 Å². The smallest absolute Gasteiger partial charge is 0.308 e. The molecule has 2 saturated carbocycles. The van der Waals surface area contributed by atoms with Crippen LogP contribution in [0.3, 0.4) is 0 Å². The third kappa shape index (κ3) is 2.64. The normalized spacial score (nSPS) is 34.1. The van der Waals surface area contributed by atoms with Crippen LogP contribution in [0.15, 0.2) is 0 Å². The second-order valence-electron chi connectivity index (χ2n) is 5.43. The molecule has 4 unspecified atom stereocenters. The lowest BCUT2D eigenvalue weighted by Gasteiger charge is -2.30. The van der Waals surface area contributed by atoms with Gasteiger partial charge in [-0.25, -0.2) is 0 Å². The molecule has 2 fully saturated rings. The molecule has 6 nitrogen and oxygen atoms in total. The number of rotatable bonds is 6. The number of nitrogens with one attached hydrogen (secondary N) is 1. The third-order valence-corrected chi connectivity index (χ3v) is 6.30. The highest BCUT2D eigenvalue weighted by Crippen LogP contribution is 2.48. The Morgan fingerprint density at radius 3 is 2.37 bits per heavy atom. The average Bonchev–Trinajstić information content (AvgIpc) is 2.89. The summed E-state index contributed by atoms with van der Waals surface area (Å²) in [6.45, 7) is 4.34. The van der Waals surface area contributed by atoms with Crippen LogP contribution in [0.4, 0.5) is 0 Å². The van der Waals surface area contributed by atoms with Gasteiger partial charge in [-0.3, -0.25) is 4.79 Å². The van der Waals surface area contributed by atoms with Crippen LogP contribution in [-0.4, -0.2) is 42.9 Å². The zero-order valence-electron chi connectivity index (χ0n) is 11.4. The van der Waals surface area contributed by atoms with E-state index in [9.17, 15) is 18.3 Å². The predicted molar refractivity (Wildman–Crippen MR) is 70.7 cm³/mol. The molecule has 0 aromatic rings. The number of hydrogen-bond donors (Lipinski definition) is 2. The fourth-order valence-electron chi connectivity index (χ4n) is 3.63. The summed E-state index contributed by atoms with van der Waals surface area (Å²) in [5, 5.41) is 9.31. The van der Waals surface area contributed by atoms with Crippen molar-refractivity contribution in [2.24, 2.45) is 17.8 Å². The van der Waals surface area contributed by atoms with Gasteiger partial charge in [0, 0.05) is 19.1 Å². The molecule has 0 saturated heterocycles. The van der Waals surface area contributed by atoms with Crippen LogP contribution in [-0.2, 0) is 15.0 Å². The minimum atomic E-state index is -3.57. The van der Waals surface area contributed by atoms with Gasteiger partial charge in [-0.2, -0.15) is 17.4 Å². The van der Waals surface area contributed by atoms with Crippen LogP contribution in [0, 0.1) is 17.8 Å². The van der Waals surface area contributed by atoms with Crippen molar-refractivity contribution in [1.82, 2.24) is 9.03 Å². The zero-order chi connectivity index (χ0) is 14.2. The van der Waals surface area contributed by atoms with Crippen molar-refractivity contribution in [1.29, 1.82) is 0 Å². The van der Waals surface area contributed by atoms with Crippen LogP contribution in [0.1, 0.15) is 33.1 Å². The third-order valence-electron chi connectivity index (χ3n) is 4.53. The van der Waals surface area contributed by atoms with Crippen LogP contribution >= 0.6 is 0 Å². The van der Waals surface area contributed by atoms with Crippen molar-refractivity contribution in [3.8, 4) is 0 Å². The number of nitrogens with zero attached hydrogens (tertiary/aromatic N) is 1. The molecule has 7 heteroatoms. The van der Waals surface area contributed by atoms with E-state index in [1.165, 1.54) is 4.31 Å². The summed E-state index contributed by atoms with van der Waals surface area (Å²) < 4.78 is 28.4. The Hall–Kier alpha value is -0.660. The summed E-state index contributed by atoms with van der Waals surface area (Å²) in [7, 11) is -3.57. The molecule has 2 rings (SSSR count). The van der Waals surface area contributed by atoms with Gasteiger partial charge < -0.3 is 5.11 Å². The maximum absolute atomic E-state index is 12.2. The van der Waals surface area contributed by atoms with E-state index in [0.717, 1.165) is 19.3 Å². The molecule has 0 aliphatic heterocycles. The summed E-state index contributed by atoms with van der Waals surface area (Å²) in [4.78, 5) is 11.3. The van der Waals surface area contributed by atoms with Crippen molar-refractivity contribution in [2.45, 2.75) is 39.2 Å². The fourth-order valence-corrected chi connectivity index (χ4v) is 5.14. The van der Waals surface area contributed by atoms with Crippen molar-refractivity contribution in [3.05, 3.63) is 0 Å². The van der Waals surface area contributed by atoms with Crippen LogP contribution in [0.2, 0.25) is 0 Å². The monoisotopic (exact) mass is 290 g/mol. The van der Waals surface area contributed by atoms with Crippen LogP contribution in [0.25, 0.3) is 0 Å². The van der Waals surface area contributed by atoms with E-state index in [1.54, 1.807) is 13.8 Å². The van der Waals surface area contributed by atoms with Gasteiger partial charge >= 0.3 is 5.97 Å². The molecule has 0 radical (unpaired) electrons. The van der Waals surface area contributed by atoms with Gasteiger partial charge in [0.15, 0.2) is 0 Å². The summed E-state index contributed by atoms with van der Waals surface area (Å²) >= 11 is 0. The highest BCUT2D eigenvalue weighted by atomic mass is 32.2. The molecular formula is C12H22N2O4S. The zero-order valence-corrected chi connectivity index (χ0v) is 12.2. The van der Waals surface area contributed by atoms with Gasteiger partial charge in [-0.1, -0.05) is 13.8 Å². The van der Waals surface area contributed by atoms with Crippen molar-refractivity contribution in [3.63, 3.8) is 0 Å². The molecule has 19 heavy (non-hydrogen) atoms. The Morgan fingerprint density at radius 2 is 1.84 bits per heavy atom. The quantitative estimate of drug-likeness (QED) is 0.752. The first-order valence-electron chi connectivity index (χ1n) is 6.90. The lowest BCUT2D eigenvalue weighted by atomic mass is 9.85. The molecule has 0 aromatic carbocycles. The highest BCUT2D eigenvalue weighted by molar-refractivity contribution is 7.87. The second kappa shape index (κ2) is 5.38. The maximum atomic E-state index is 12.2. The Labute approximate surface area is 114 Å². The Balaban J connectivity index is 2.16. The predicted octanol–water partition coefficient (Wildman–Crippen LogP) is 0.662. The molecule has 110 valence electrons. The van der Waals surface area contributed by atoms with Gasteiger partial charge in [0.1, 0.15) is 0 Å². The Morgan fingerprint density at radius 1 is 1.26 bits per heavy atom. The molecular weight excluding hydrogens is 268 g/mol. The molecule has 2 aliphatic carbocycles. The summed E-state index contributed by atoms with van der Waals surface area (Å²) in [6, 6.07) is -0.443. The maximum Gasteiger partial charge on any atom is 0.308 e. The summed E-state index contributed by atoms with van der Waals surface area (Å²) in [5.74, 6) is -1.13. The number of carboxylic acids is 1. The average molecular weight is 290 g/mol. The Bertz CT molecular complexity index is 447. The van der Waals surface area contributed by atoms with Gasteiger partial charge in [-0.15, -0.1) is 0 Å². The Kier molecular flexibility index (Phi) is 4.17. The van der Waals surface area contributed by atoms with Gasteiger partial charge in [0.2, 0.25) is 0 Å². The number of fused-ring (bicyclic) bond motifs is 2. The minimum Gasteiger partial charge on any atom is -0.481 e. The largest absolute Gasteiger partial charge is 0.481 e. The van der Waals surface area contributed by atoms with Crippen LogP contribution in [0.5, 0.6) is 0 Å². The number of carbonyl (C=O) groups is 1. The number of carboxylic acid groups (broad SMARTS) is 1. The summed E-state index contributed by atoms with van der Waals surface area (Å²) in [5.41, 5.74) is 0. The number of hydrogen-bond acceptors (Lipinski definition) is 3. The van der Waals surface area contributed by atoms with E-state index in [-0.39, 0.29) is 11.8 Å². The molecule has 0 spiro atoms. The van der Waals surface area contributed by atoms with Gasteiger partial charge in [0.25, 0.3) is 10.2 Å². The lowest BCUT2D eigenvalue weighted by molar-refractivity contribution is -0.144. The van der Waals surface area contributed by atoms with E-state index >= 15 is 0 Å². The van der Waals surface area contributed by atoms with E-state index < -0.39 is 28.1 Å². The molecule has 0 heterocycles. The molecule has 4 atom stereocenters. The SMILES string of the molecule is CCN(CC)S(=O)(=O)NC1C2CCC(C2)C1C(=O)O. The molecule has 0 aromatic heterocycles. The van der Waals surface area contributed by atoms with Crippen molar-refractivity contribution < 1.29 is 18.3 Å². The van der Waals surface area contributed by atoms with E-state index in [0.29, 0.717) is 13.1 Å². The van der Waals surface area contributed by atoms with E-state index in [4.69, 9.17) is 0 Å².